The number of imide groups is 1. The number of halogens is 7. The summed E-state index contributed by atoms with van der Waals surface area (Å²) < 4.78 is 56.4. The molecule has 2 aliphatic rings. The summed E-state index contributed by atoms with van der Waals surface area (Å²) in [5.74, 6) is -2.71. The molecule has 1 unspecified atom stereocenters. The molecule has 0 aromatic heterocycles. The van der Waals surface area contributed by atoms with Gasteiger partial charge in [0.15, 0.2) is 5.82 Å². The van der Waals surface area contributed by atoms with Crippen molar-refractivity contribution >= 4 is 58.2 Å². The van der Waals surface area contributed by atoms with E-state index in [1.54, 1.807) is 0 Å². The Labute approximate surface area is 222 Å². The van der Waals surface area contributed by atoms with Gasteiger partial charge in [-0.05, 0) is 30.7 Å². The molecule has 0 radical (unpaired) electrons. The van der Waals surface area contributed by atoms with Crippen molar-refractivity contribution in [2.75, 3.05) is 7.05 Å². The number of likely N-dealkylation sites (N-methyl/N-ethyl adjacent to an activating group) is 1. The minimum atomic E-state index is -4.99. The van der Waals surface area contributed by atoms with Crippen molar-refractivity contribution < 1.29 is 36.8 Å². The summed E-state index contributed by atoms with van der Waals surface area (Å²) in [5.41, 5.74) is -3.60. The third-order valence-corrected chi connectivity index (χ3v) is 7.00. The lowest BCUT2D eigenvalue weighted by molar-refractivity contribution is -0.275. The lowest BCUT2D eigenvalue weighted by atomic mass is 9.86. The Kier molecular flexibility index (Phi) is 7.17. The second-order valence-electron chi connectivity index (χ2n) is 8.44. The minimum absolute atomic E-state index is 0.0449. The van der Waals surface area contributed by atoms with E-state index in [-0.39, 0.29) is 40.6 Å². The second-order valence-corrected chi connectivity index (χ2v) is 9.66. The molecule has 2 aromatic rings. The Morgan fingerprint density at radius 3 is 2.38 bits per heavy atom. The Morgan fingerprint density at radius 2 is 1.78 bits per heavy atom. The molecule has 1 fully saturated rings. The molecule has 7 nitrogen and oxygen atoms in total. The van der Waals surface area contributed by atoms with Crippen LogP contribution in [-0.2, 0) is 20.0 Å². The highest BCUT2D eigenvalue weighted by Crippen LogP contribution is 2.50. The van der Waals surface area contributed by atoms with Crippen LogP contribution in [0.3, 0.4) is 0 Å². The lowest BCUT2D eigenvalue weighted by Gasteiger charge is -2.29. The Balaban J connectivity index is 1.57. The maximum atomic E-state index is 14.2. The average Bonchev–Trinajstić information content (AvgIpc) is 3.29. The van der Waals surface area contributed by atoms with Gasteiger partial charge in [0.05, 0.1) is 26.3 Å². The summed E-state index contributed by atoms with van der Waals surface area (Å²) >= 11 is 17.7. The number of rotatable bonds is 4. The first-order valence-corrected chi connectivity index (χ1v) is 11.8. The van der Waals surface area contributed by atoms with Crippen molar-refractivity contribution in [2.45, 2.75) is 37.1 Å². The van der Waals surface area contributed by atoms with E-state index >= 15 is 0 Å². The molecule has 196 valence electrons. The van der Waals surface area contributed by atoms with Crippen LogP contribution in [0.15, 0.2) is 35.5 Å². The van der Waals surface area contributed by atoms with E-state index in [0.29, 0.717) is 0 Å². The molecule has 0 bridgehead atoms. The van der Waals surface area contributed by atoms with Crippen molar-refractivity contribution in [3.63, 3.8) is 0 Å². The zero-order chi connectivity index (χ0) is 27.3. The predicted octanol–water partition coefficient (Wildman–Crippen LogP) is 5.25. The normalized spacial score (nSPS) is 22.1. The highest BCUT2D eigenvalue weighted by atomic mass is 35.5. The van der Waals surface area contributed by atoms with Crippen LogP contribution in [0.2, 0.25) is 15.1 Å². The van der Waals surface area contributed by atoms with Crippen molar-refractivity contribution in [3.8, 4) is 0 Å². The molecule has 2 aromatic carbocycles. The van der Waals surface area contributed by atoms with Gasteiger partial charge in [0, 0.05) is 31.0 Å². The number of amides is 3. The van der Waals surface area contributed by atoms with E-state index in [1.165, 1.54) is 25.2 Å². The number of nitrogens with zero attached hydrogens (tertiary/aromatic N) is 2. The molecule has 2 atom stereocenters. The maximum absolute atomic E-state index is 14.2. The fourth-order valence-corrected chi connectivity index (χ4v) is 4.76. The third-order valence-electron chi connectivity index (χ3n) is 6.14. The summed E-state index contributed by atoms with van der Waals surface area (Å²) in [6.45, 7) is 0. The molecule has 1 N–H and O–H groups in total. The molecule has 0 saturated carbocycles. The first-order chi connectivity index (χ1) is 17.2. The highest BCUT2D eigenvalue weighted by Gasteiger charge is 2.62. The van der Waals surface area contributed by atoms with Crippen LogP contribution in [-0.4, -0.2) is 47.6 Å². The van der Waals surface area contributed by atoms with Crippen LogP contribution in [0.25, 0.3) is 0 Å². The van der Waals surface area contributed by atoms with Crippen LogP contribution >= 0.6 is 34.8 Å². The van der Waals surface area contributed by atoms with Crippen molar-refractivity contribution in [2.24, 2.45) is 5.16 Å². The first-order valence-electron chi connectivity index (χ1n) is 10.6. The summed E-state index contributed by atoms with van der Waals surface area (Å²) in [6.07, 6.45) is -5.61. The van der Waals surface area contributed by atoms with E-state index in [0.717, 1.165) is 17.0 Å². The fourth-order valence-electron chi connectivity index (χ4n) is 4.01. The zero-order valence-electron chi connectivity index (χ0n) is 18.8. The quantitative estimate of drug-likeness (QED) is 0.304. The predicted molar refractivity (Wildman–Crippen MR) is 126 cm³/mol. The van der Waals surface area contributed by atoms with Crippen molar-refractivity contribution in [1.82, 2.24) is 10.2 Å². The molecule has 0 aliphatic carbocycles. The molecular formula is C23H16Cl3F4N3O4. The molecule has 2 heterocycles. The van der Waals surface area contributed by atoms with Crippen LogP contribution in [0.1, 0.15) is 40.7 Å². The topological polar surface area (TPSA) is 88.1 Å². The zero-order valence-corrected chi connectivity index (χ0v) is 21.0. The largest absolute Gasteiger partial charge is 0.435 e. The molecule has 37 heavy (non-hydrogen) atoms. The van der Waals surface area contributed by atoms with Gasteiger partial charge in [0.1, 0.15) is 6.04 Å². The van der Waals surface area contributed by atoms with E-state index in [4.69, 9.17) is 39.6 Å². The SMILES string of the molecule is CN1C(=O)CC[C@@H](NC(=O)c2ccc(C3=NOC(c4cc(Cl)c(F)c(Cl)c4)(C(F)(F)F)C3)cc2Cl)C1=O. The number of carbonyl (C=O) groups excluding carboxylic acids is 3. The Hall–Kier alpha value is -2.89. The summed E-state index contributed by atoms with van der Waals surface area (Å²) in [7, 11) is 1.31. The molecule has 3 amide bonds. The number of likely N-dealkylation sites (tertiary alicyclic amines) is 1. The van der Waals surface area contributed by atoms with Crippen molar-refractivity contribution in [3.05, 3.63) is 67.9 Å². The van der Waals surface area contributed by atoms with Gasteiger partial charge in [0.2, 0.25) is 5.91 Å². The van der Waals surface area contributed by atoms with Crippen molar-refractivity contribution in [1.29, 1.82) is 0 Å². The van der Waals surface area contributed by atoms with Crippen LogP contribution in [0.5, 0.6) is 0 Å². The van der Waals surface area contributed by atoms with E-state index in [2.05, 4.69) is 10.5 Å². The van der Waals surface area contributed by atoms with Gasteiger partial charge in [-0.1, -0.05) is 46.0 Å². The van der Waals surface area contributed by atoms with Crippen LogP contribution in [0, 0.1) is 5.82 Å². The molecule has 1 saturated heterocycles. The van der Waals surface area contributed by atoms with Gasteiger partial charge in [-0.3, -0.25) is 19.3 Å². The Bertz CT molecular complexity index is 1330. The third kappa shape index (κ3) is 4.87. The number of oxime groups is 1. The molecule has 14 heteroatoms. The number of nitrogens with one attached hydrogen (secondary N) is 1. The average molecular weight is 581 g/mol. The summed E-state index contributed by atoms with van der Waals surface area (Å²) in [6, 6.07) is 4.42. The van der Waals surface area contributed by atoms with Gasteiger partial charge in [-0.2, -0.15) is 13.2 Å². The monoisotopic (exact) mass is 579 g/mol. The molecular weight excluding hydrogens is 565 g/mol. The van der Waals surface area contributed by atoms with Crippen LogP contribution in [0.4, 0.5) is 17.6 Å². The lowest BCUT2D eigenvalue weighted by Crippen LogP contribution is -2.52. The number of piperidine rings is 1. The summed E-state index contributed by atoms with van der Waals surface area (Å²) in [4.78, 5) is 42.4. The first kappa shape index (κ1) is 27.2. The molecule has 4 rings (SSSR count). The molecule has 0 spiro atoms. The van der Waals surface area contributed by atoms with Gasteiger partial charge in [-0.25, -0.2) is 4.39 Å². The fraction of sp³-hybridized carbons (Fsp3) is 0.304. The molecule has 2 aliphatic heterocycles. The highest BCUT2D eigenvalue weighted by molar-refractivity contribution is 6.35. The number of alkyl halides is 3. The Morgan fingerprint density at radius 1 is 1.14 bits per heavy atom. The van der Waals surface area contributed by atoms with E-state index in [9.17, 15) is 31.9 Å². The van der Waals surface area contributed by atoms with E-state index < -0.39 is 57.5 Å². The minimum Gasteiger partial charge on any atom is -0.374 e. The summed E-state index contributed by atoms with van der Waals surface area (Å²) in [5, 5.41) is 4.75. The van der Waals surface area contributed by atoms with E-state index in [1.807, 2.05) is 0 Å². The smallest absolute Gasteiger partial charge is 0.374 e. The van der Waals surface area contributed by atoms with Crippen LogP contribution < -0.4 is 5.32 Å². The van der Waals surface area contributed by atoms with Gasteiger partial charge in [-0.15, -0.1) is 0 Å². The van der Waals surface area contributed by atoms with Gasteiger partial charge >= 0.3 is 6.18 Å². The van der Waals surface area contributed by atoms with Gasteiger partial charge in [0.25, 0.3) is 17.4 Å². The number of carbonyl (C=O) groups is 3. The number of hydrogen-bond donors (Lipinski definition) is 1. The number of benzene rings is 2. The standard InChI is InChI=1S/C23H16Cl3F4N3O4/c1-33-18(34)5-4-16(21(33)36)31-20(35)12-3-2-10(6-13(12)24)17-9-22(37-32-17,23(28,29)30)11-7-14(25)19(27)15(26)8-11/h2-3,6-8,16H,4-5,9H2,1H3,(H,31,35)/t16-,22?/m1/s1. The second kappa shape index (κ2) is 9.77. The maximum Gasteiger partial charge on any atom is 0.435 e. The van der Waals surface area contributed by atoms with Gasteiger partial charge < -0.3 is 10.2 Å². The number of hydrogen-bond acceptors (Lipinski definition) is 5.